The Morgan fingerprint density at radius 2 is 1.73 bits per heavy atom. The van der Waals surface area contributed by atoms with E-state index in [1.807, 2.05) is 0 Å². The largest absolute Gasteiger partial charge is 0.288 e. The van der Waals surface area contributed by atoms with Crippen molar-refractivity contribution in [3.63, 3.8) is 0 Å². The Hall–Kier alpha value is -0.330. The van der Waals surface area contributed by atoms with Crippen molar-refractivity contribution in [2.24, 2.45) is 10.9 Å². The highest BCUT2D eigenvalue weighted by Gasteiger charge is 2.10. The normalized spacial score (nSPS) is 14.3. The molecule has 0 bridgehead atoms. The quantitative estimate of drug-likeness (QED) is 0.543. The van der Waals surface area contributed by atoms with Crippen molar-refractivity contribution in [1.82, 2.24) is 0 Å². The minimum absolute atomic E-state index is 0.0929. The van der Waals surface area contributed by atoms with Gasteiger partial charge >= 0.3 is 0 Å². The fourth-order valence-electron chi connectivity index (χ4n) is 1.05. The average Bonchev–Trinajstić information content (AvgIpc) is 1.80. The van der Waals surface area contributed by atoms with Crippen LogP contribution in [0, 0.1) is 5.92 Å². The lowest BCUT2D eigenvalue weighted by Gasteiger charge is -2.17. The van der Waals surface area contributed by atoms with Crippen LogP contribution in [-0.2, 0) is 0 Å². The Labute approximate surface area is 70.9 Å². The Balaban J connectivity index is 4.36. The number of nitrogens with zero attached hydrogens (tertiary/aromatic N) is 1. The topological polar surface area (TPSA) is 12.4 Å². The molecular formula is C10H21N. The summed E-state index contributed by atoms with van der Waals surface area (Å²) in [4.78, 5) is 4.64. The van der Waals surface area contributed by atoms with Gasteiger partial charge in [-0.1, -0.05) is 20.8 Å². The summed E-state index contributed by atoms with van der Waals surface area (Å²) < 4.78 is 0. The van der Waals surface area contributed by atoms with E-state index in [0.717, 1.165) is 6.42 Å². The summed E-state index contributed by atoms with van der Waals surface area (Å²) in [5.74, 6) is 0.597. The number of aliphatic imine (C=N–C) groups is 1. The van der Waals surface area contributed by atoms with Crippen molar-refractivity contribution in [3.05, 3.63) is 0 Å². The number of hydrogen-bond acceptors (Lipinski definition) is 1. The maximum atomic E-state index is 4.64. The molecule has 1 nitrogen and oxygen atoms in total. The van der Waals surface area contributed by atoms with Crippen LogP contribution >= 0.6 is 0 Å². The first-order valence-electron chi connectivity index (χ1n) is 4.45. The second-order valence-electron chi connectivity index (χ2n) is 4.28. The SMILES string of the molecule is CCC(=NC(C)(C)C)C(C)C. The standard InChI is InChI=1S/C10H21N/c1-7-9(8(2)3)11-10(4,5)6/h8H,7H2,1-6H3. The zero-order chi connectivity index (χ0) is 9.07. The van der Waals surface area contributed by atoms with Crippen LogP contribution in [-0.4, -0.2) is 11.3 Å². The molecule has 0 N–H and O–H groups in total. The van der Waals surface area contributed by atoms with Gasteiger partial charge < -0.3 is 0 Å². The lowest BCUT2D eigenvalue weighted by molar-refractivity contribution is 0.574. The molecule has 0 saturated carbocycles. The highest BCUT2D eigenvalue weighted by atomic mass is 14.8. The smallest absolute Gasteiger partial charge is 0.0523 e. The molecule has 0 aromatic carbocycles. The summed E-state index contributed by atoms with van der Waals surface area (Å²) in [5.41, 5.74) is 1.42. The minimum atomic E-state index is 0.0929. The van der Waals surface area contributed by atoms with Crippen LogP contribution in [0.5, 0.6) is 0 Å². The molecule has 0 aromatic heterocycles. The van der Waals surface area contributed by atoms with Crippen molar-refractivity contribution >= 4 is 5.71 Å². The van der Waals surface area contributed by atoms with Crippen LogP contribution in [0.3, 0.4) is 0 Å². The predicted octanol–water partition coefficient (Wildman–Crippen LogP) is 3.29. The van der Waals surface area contributed by atoms with E-state index in [-0.39, 0.29) is 5.54 Å². The Bertz CT molecular complexity index is 137. The van der Waals surface area contributed by atoms with E-state index < -0.39 is 0 Å². The van der Waals surface area contributed by atoms with Crippen molar-refractivity contribution in [3.8, 4) is 0 Å². The predicted molar refractivity (Wildman–Crippen MR) is 52.3 cm³/mol. The molecule has 0 atom stereocenters. The van der Waals surface area contributed by atoms with E-state index in [9.17, 15) is 0 Å². The highest BCUT2D eigenvalue weighted by molar-refractivity contribution is 5.86. The van der Waals surface area contributed by atoms with Crippen molar-refractivity contribution in [2.75, 3.05) is 0 Å². The van der Waals surface area contributed by atoms with Gasteiger partial charge in [-0.2, -0.15) is 0 Å². The van der Waals surface area contributed by atoms with E-state index >= 15 is 0 Å². The molecule has 0 amide bonds. The van der Waals surface area contributed by atoms with Gasteiger partial charge in [-0.25, -0.2) is 0 Å². The molecule has 0 unspecified atom stereocenters. The third-order valence-electron chi connectivity index (χ3n) is 1.51. The molecule has 0 aliphatic heterocycles. The zero-order valence-electron chi connectivity index (χ0n) is 8.73. The van der Waals surface area contributed by atoms with Gasteiger partial charge in [0, 0.05) is 5.71 Å². The summed E-state index contributed by atoms with van der Waals surface area (Å²) in [7, 11) is 0. The lowest BCUT2D eigenvalue weighted by Crippen LogP contribution is -2.17. The van der Waals surface area contributed by atoms with Gasteiger partial charge in [0.1, 0.15) is 0 Å². The fraction of sp³-hybridized carbons (Fsp3) is 0.900. The average molecular weight is 155 g/mol. The molecule has 66 valence electrons. The monoisotopic (exact) mass is 155 g/mol. The maximum Gasteiger partial charge on any atom is 0.0523 e. The van der Waals surface area contributed by atoms with E-state index in [0.29, 0.717) is 5.92 Å². The Morgan fingerprint density at radius 1 is 1.27 bits per heavy atom. The second kappa shape index (κ2) is 3.89. The van der Waals surface area contributed by atoms with Crippen molar-refractivity contribution in [1.29, 1.82) is 0 Å². The summed E-state index contributed by atoms with van der Waals surface area (Å²) in [6.07, 6.45) is 1.08. The fourth-order valence-corrected chi connectivity index (χ4v) is 1.05. The zero-order valence-corrected chi connectivity index (χ0v) is 8.73. The van der Waals surface area contributed by atoms with Crippen LogP contribution in [0.2, 0.25) is 0 Å². The third kappa shape index (κ3) is 5.00. The van der Waals surface area contributed by atoms with Gasteiger partial charge in [0.05, 0.1) is 5.54 Å². The summed E-state index contributed by atoms with van der Waals surface area (Å²) in [6.45, 7) is 13.0. The van der Waals surface area contributed by atoms with Crippen molar-refractivity contribution < 1.29 is 0 Å². The number of rotatable bonds is 2. The molecule has 0 heterocycles. The van der Waals surface area contributed by atoms with Gasteiger partial charge in [0.2, 0.25) is 0 Å². The van der Waals surface area contributed by atoms with E-state index in [1.165, 1.54) is 5.71 Å². The summed E-state index contributed by atoms with van der Waals surface area (Å²) in [5, 5.41) is 0. The molecule has 0 rings (SSSR count). The first kappa shape index (κ1) is 10.7. The molecule has 0 fully saturated rings. The van der Waals surface area contributed by atoms with Gasteiger partial charge in [-0.15, -0.1) is 0 Å². The van der Waals surface area contributed by atoms with Crippen LogP contribution in [0.1, 0.15) is 48.0 Å². The third-order valence-corrected chi connectivity index (χ3v) is 1.51. The van der Waals surface area contributed by atoms with E-state index in [2.05, 4.69) is 46.5 Å². The molecule has 0 aliphatic rings. The van der Waals surface area contributed by atoms with Gasteiger partial charge in [0.15, 0.2) is 0 Å². The molecule has 0 spiro atoms. The molecule has 0 radical (unpaired) electrons. The van der Waals surface area contributed by atoms with Crippen LogP contribution in [0.15, 0.2) is 4.99 Å². The highest BCUT2D eigenvalue weighted by Crippen LogP contribution is 2.11. The first-order chi connectivity index (χ1) is 4.87. The maximum absolute atomic E-state index is 4.64. The molecular weight excluding hydrogens is 134 g/mol. The van der Waals surface area contributed by atoms with Gasteiger partial charge in [0.25, 0.3) is 0 Å². The van der Waals surface area contributed by atoms with Crippen molar-refractivity contribution in [2.45, 2.75) is 53.5 Å². The van der Waals surface area contributed by atoms with Gasteiger partial charge in [-0.05, 0) is 33.1 Å². The van der Waals surface area contributed by atoms with E-state index in [1.54, 1.807) is 0 Å². The summed E-state index contributed by atoms with van der Waals surface area (Å²) >= 11 is 0. The van der Waals surface area contributed by atoms with Crippen LogP contribution < -0.4 is 0 Å². The lowest BCUT2D eigenvalue weighted by atomic mass is 10.0. The van der Waals surface area contributed by atoms with Crippen LogP contribution in [0.4, 0.5) is 0 Å². The molecule has 0 saturated heterocycles. The Kier molecular flexibility index (Phi) is 3.77. The van der Waals surface area contributed by atoms with Crippen LogP contribution in [0.25, 0.3) is 0 Å². The van der Waals surface area contributed by atoms with E-state index in [4.69, 9.17) is 0 Å². The minimum Gasteiger partial charge on any atom is -0.288 e. The molecule has 11 heavy (non-hydrogen) atoms. The number of hydrogen-bond donors (Lipinski definition) is 0. The van der Waals surface area contributed by atoms with Gasteiger partial charge in [-0.3, -0.25) is 4.99 Å². The molecule has 1 heteroatoms. The molecule has 0 aliphatic carbocycles. The Morgan fingerprint density at radius 3 is 1.82 bits per heavy atom. The second-order valence-corrected chi connectivity index (χ2v) is 4.28. The summed E-state index contributed by atoms with van der Waals surface area (Å²) in [6, 6.07) is 0. The molecule has 0 aromatic rings. The first-order valence-corrected chi connectivity index (χ1v) is 4.45.